The summed E-state index contributed by atoms with van der Waals surface area (Å²) < 4.78 is 0. The maximum atomic E-state index is 10.5. The third-order valence-electron chi connectivity index (χ3n) is 1.76. The molecule has 2 aliphatic heterocycles. The van der Waals surface area contributed by atoms with Crippen LogP contribution in [0.3, 0.4) is 0 Å². The Morgan fingerprint density at radius 2 is 2.58 bits per heavy atom. The van der Waals surface area contributed by atoms with Crippen molar-refractivity contribution in [3.63, 3.8) is 0 Å². The third-order valence-corrected chi connectivity index (χ3v) is 1.76. The van der Waals surface area contributed by atoms with Gasteiger partial charge in [0.1, 0.15) is 5.84 Å². The smallest absolute Gasteiger partial charge is 0.330 e. The Balaban J connectivity index is 2.23. The minimum atomic E-state index is -0.890. The van der Waals surface area contributed by atoms with Gasteiger partial charge in [0.25, 0.3) is 0 Å². The first-order valence-electron chi connectivity index (χ1n) is 3.54. The second-order valence-corrected chi connectivity index (χ2v) is 2.57. The molecule has 0 radical (unpaired) electrons. The molecule has 0 aliphatic carbocycles. The van der Waals surface area contributed by atoms with E-state index in [-0.39, 0.29) is 0 Å². The Kier molecular flexibility index (Phi) is 1.43. The van der Waals surface area contributed by atoms with Crippen molar-refractivity contribution in [2.45, 2.75) is 6.04 Å². The monoisotopic (exact) mass is 165 g/mol. The number of carboxylic acid groups (broad SMARTS) is 1. The van der Waals surface area contributed by atoms with E-state index in [1.807, 2.05) is 0 Å². The van der Waals surface area contributed by atoms with Gasteiger partial charge in [-0.3, -0.25) is 4.99 Å². The van der Waals surface area contributed by atoms with Crippen LogP contribution in [0.2, 0.25) is 0 Å². The molecule has 5 nitrogen and oxygen atoms in total. The van der Waals surface area contributed by atoms with E-state index in [1.165, 1.54) is 0 Å². The highest BCUT2D eigenvalue weighted by Crippen LogP contribution is 2.11. The van der Waals surface area contributed by atoms with E-state index in [1.54, 1.807) is 23.5 Å². The Labute approximate surface area is 68.7 Å². The fraction of sp³-hybridized carbons (Fsp3) is 0.286. The molecule has 12 heavy (non-hydrogen) atoms. The van der Waals surface area contributed by atoms with E-state index >= 15 is 0 Å². The van der Waals surface area contributed by atoms with Gasteiger partial charge in [-0.05, 0) is 0 Å². The van der Waals surface area contributed by atoms with Crippen molar-refractivity contribution >= 4 is 18.0 Å². The number of nitrogens with zero attached hydrogens (tertiary/aromatic N) is 3. The van der Waals surface area contributed by atoms with Gasteiger partial charge in [0.05, 0.1) is 12.8 Å². The molecule has 62 valence electrons. The molecule has 0 aromatic heterocycles. The average Bonchev–Trinajstić information content (AvgIpc) is 2.46. The molecule has 0 aromatic rings. The highest BCUT2D eigenvalue weighted by Gasteiger charge is 2.28. The summed E-state index contributed by atoms with van der Waals surface area (Å²) in [6.45, 7) is 0.410. The van der Waals surface area contributed by atoms with Crippen molar-refractivity contribution in [1.29, 1.82) is 0 Å². The van der Waals surface area contributed by atoms with Crippen molar-refractivity contribution in [1.82, 2.24) is 4.90 Å². The van der Waals surface area contributed by atoms with E-state index in [0.29, 0.717) is 12.4 Å². The van der Waals surface area contributed by atoms with E-state index < -0.39 is 12.0 Å². The van der Waals surface area contributed by atoms with Gasteiger partial charge < -0.3 is 10.0 Å². The highest BCUT2D eigenvalue weighted by atomic mass is 16.4. The molecule has 2 aliphatic rings. The summed E-state index contributed by atoms with van der Waals surface area (Å²) in [6, 6.07) is -0.644. The van der Waals surface area contributed by atoms with Gasteiger partial charge in [0.15, 0.2) is 6.04 Å². The van der Waals surface area contributed by atoms with Gasteiger partial charge in [-0.25, -0.2) is 9.79 Å². The van der Waals surface area contributed by atoms with E-state index in [2.05, 4.69) is 9.98 Å². The van der Waals surface area contributed by atoms with Crippen LogP contribution in [0.1, 0.15) is 0 Å². The maximum absolute atomic E-state index is 10.5. The fourth-order valence-electron chi connectivity index (χ4n) is 1.16. The third kappa shape index (κ3) is 0.990. The molecular weight excluding hydrogens is 158 g/mol. The van der Waals surface area contributed by atoms with Gasteiger partial charge in [-0.2, -0.15) is 0 Å². The molecule has 0 amide bonds. The van der Waals surface area contributed by atoms with Crippen molar-refractivity contribution in [3.05, 3.63) is 12.4 Å². The highest BCUT2D eigenvalue weighted by molar-refractivity contribution is 6.31. The first-order valence-corrected chi connectivity index (χ1v) is 3.54. The van der Waals surface area contributed by atoms with Crippen molar-refractivity contribution in [2.24, 2.45) is 9.98 Å². The maximum Gasteiger partial charge on any atom is 0.330 e. The van der Waals surface area contributed by atoms with Crippen LogP contribution in [0.25, 0.3) is 0 Å². The van der Waals surface area contributed by atoms with E-state index in [4.69, 9.17) is 5.11 Å². The lowest BCUT2D eigenvalue weighted by atomic mass is 10.3. The number of fused-ring (bicyclic) bond motifs is 1. The average molecular weight is 165 g/mol. The zero-order valence-electron chi connectivity index (χ0n) is 6.21. The lowest BCUT2D eigenvalue weighted by Crippen LogP contribution is -2.28. The Morgan fingerprint density at radius 1 is 1.75 bits per heavy atom. The van der Waals surface area contributed by atoms with Crippen molar-refractivity contribution < 1.29 is 9.90 Å². The Hall–Kier alpha value is -1.65. The lowest BCUT2D eigenvalue weighted by molar-refractivity contribution is -0.138. The quantitative estimate of drug-likeness (QED) is 0.580. The number of hydrogen-bond donors (Lipinski definition) is 1. The lowest BCUT2D eigenvalue weighted by Gasteiger charge is -2.13. The molecule has 1 unspecified atom stereocenters. The van der Waals surface area contributed by atoms with E-state index in [9.17, 15) is 4.79 Å². The van der Waals surface area contributed by atoms with Crippen LogP contribution in [0.5, 0.6) is 0 Å². The zero-order chi connectivity index (χ0) is 8.55. The molecule has 0 saturated heterocycles. The second kappa shape index (κ2) is 2.44. The SMILES string of the molecule is O=C(O)C1CN2C=CN=CC2=N1. The summed E-state index contributed by atoms with van der Waals surface area (Å²) in [7, 11) is 0. The fourth-order valence-corrected chi connectivity index (χ4v) is 1.16. The van der Waals surface area contributed by atoms with Crippen molar-refractivity contribution in [2.75, 3.05) is 6.54 Å². The second-order valence-electron chi connectivity index (χ2n) is 2.57. The van der Waals surface area contributed by atoms with Crippen LogP contribution in [0.4, 0.5) is 0 Å². The van der Waals surface area contributed by atoms with E-state index in [0.717, 1.165) is 0 Å². The Bertz CT molecular complexity index is 306. The molecule has 2 rings (SSSR count). The van der Waals surface area contributed by atoms with Gasteiger partial charge in [0, 0.05) is 12.4 Å². The summed E-state index contributed by atoms with van der Waals surface area (Å²) >= 11 is 0. The summed E-state index contributed by atoms with van der Waals surface area (Å²) in [5.41, 5.74) is 0. The largest absolute Gasteiger partial charge is 0.480 e. The number of carboxylic acids is 1. The summed E-state index contributed by atoms with van der Waals surface area (Å²) in [4.78, 5) is 20.1. The topological polar surface area (TPSA) is 65.3 Å². The van der Waals surface area contributed by atoms with Crippen LogP contribution in [-0.2, 0) is 4.79 Å². The normalized spacial score (nSPS) is 25.5. The van der Waals surface area contributed by atoms with Gasteiger partial charge in [-0.1, -0.05) is 0 Å². The number of aliphatic imine (C=N–C) groups is 2. The summed E-state index contributed by atoms with van der Waals surface area (Å²) in [5.74, 6) is -0.261. The molecule has 0 spiro atoms. The van der Waals surface area contributed by atoms with Crippen LogP contribution in [0.15, 0.2) is 22.4 Å². The molecule has 5 heteroatoms. The molecule has 0 fully saturated rings. The number of aliphatic carboxylic acids is 1. The van der Waals surface area contributed by atoms with Crippen LogP contribution in [0, 0.1) is 0 Å². The molecule has 2 heterocycles. The molecule has 0 bridgehead atoms. The first kappa shape index (κ1) is 7.02. The summed E-state index contributed by atoms with van der Waals surface area (Å²) in [6.07, 6.45) is 4.90. The van der Waals surface area contributed by atoms with Crippen LogP contribution < -0.4 is 0 Å². The van der Waals surface area contributed by atoms with Gasteiger partial charge in [-0.15, -0.1) is 0 Å². The number of carbonyl (C=O) groups is 1. The van der Waals surface area contributed by atoms with Gasteiger partial charge >= 0.3 is 5.97 Å². The molecule has 0 saturated carbocycles. The van der Waals surface area contributed by atoms with Crippen LogP contribution >= 0.6 is 0 Å². The molecule has 1 N–H and O–H groups in total. The predicted octanol–water partition coefficient (Wildman–Crippen LogP) is -0.291. The molecule has 1 atom stereocenters. The standard InChI is InChI=1S/C7H7N3O2/c11-7(12)5-4-10-2-1-8-3-6(10)9-5/h1-3,5H,4H2,(H,11,12). The van der Waals surface area contributed by atoms with Gasteiger partial charge in [0.2, 0.25) is 0 Å². The minimum Gasteiger partial charge on any atom is -0.480 e. The predicted molar refractivity (Wildman–Crippen MR) is 43.2 cm³/mol. The number of hydrogen-bond acceptors (Lipinski definition) is 4. The number of rotatable bonds is 1. The summed E-state index contributed by atoms with van der Waals surface area (Å²) in [5, 5.41) is 8.66. The first-order chi connectivity index (χ1) is 5.77. The zero-order valence-corrected chi connectivity index (χ0v) is 6.21. The molecule has 0 aromatic carbocycles. The Morgan fingerprint density at radius 3 is 3.25 bits per heavy atom. The minimum absolute atomic E-state index is 0.410. The molecular formula is C7H7N3O2. The number of amidine groups is 1. The van der Waals surface area contributed by atoms with Crippen molar-refractivity contribution in [3.8, 4) is 0 Å². The van der Waals surface area contributed by atoms with Crippen LogP contribution in [-0.4, -0.2) is 40.6 Å².